The van der Waals surface area contributed by atoms with Gasteiger partial charge in [-0.15, -0.1) is 11.8 Å². The van der Waals surface area contributed by atoms with E-state index in [-0.39, 0.29) is 5.75 Å². The fourth-order valence-electron chi connectivity index (χ4n) is 2.77. The highest BCUT2D eigenvalue weighted by molar-refractivity contribution is 7.99. The highest BCUT2D eigenvalue weighted by atomic mass is 32.2. The smallest absolute Gasteiger partial charge is 0.121 e. The topological polar surface area (TPSA) is 66.5 Å². The first-order chi connectivity index (χ1) is 9.70. The number of hydrogen-bond donors (Lipinski definition) is 3. The third-order valence-electron chi connectivity index (χ3n) is 4.01. The minimum atomic E-state index is -0.671. The van der Waals surface area contributed by atoms with Gasteiger partial charge in [0.2, 0.25) is 0 Å². The van der Waals surface area contributed by atoms with Crippen molar-refractivity contribution in [3.8, 4) is 5.75 Å². The summed E-state index contributed by atoms with van der Waals surface area (Å²) in [6.45, 7) is 0.417. The molecule has 1 unspecified atom stereocenters. The second kappa shape index (κ2) is 7.91. The molecule has 2 rings (SSSR count). The van der Waals surface area contributed by atoms with E-state index in [2.05, 4.69) is 0 Å². The monoisotopic (exact) mass is 295 g/mol. The first kappa shape index (κ1) is 15.7. The van der Waals surface area contributed by atoms with E-state index in [4.69, 9.17) is 5.73 Å². The van der Waals surface area contributed by atoms with Gasteiger partial charge < -0.3 is 15.9 Å². The Balaban J connectivity index is 1.95. The average Bonchev–Trinajstić information content (AvgIpc) is 2.47. The van der Waals surface area contributed by atoms with Crippen molar-refractivity contribution in [2.75, 3.05) is 12.3 Å². The van der Waals surface area contributed by atoms with Crippen molar-refractivity contribution in [1.29, 1.82) is 0 Å². The number of nitrogens with two attached hydrogens (primary N) is 1. The molecule has 0 spiro atoms. The highest BCUT2D eigenvalue weighted by Crippen LogP contribution is 2.34. The van der Waals surface area contributed by atoms with Gasteiger partial charge in [-0.2, -0.15) is 0 Å². The van der Waals surface area contributed by atoms with Crippen molar-refractivity contribution in [3.05, 3.63) is 23.8 Å². The van der Waals surface area contributed by atoms with Crippen LogP contribution in [-0.4, -0.2) is 22.5 Å². The molecule has 112 valence electrons. The largest absolute Gasteiger partial charge is 0.508 e. The number of aliphatic hydroxyl groups is 1. The summed E-state index contributed by atoms with van der Waals surface area (Å²) in [6.07, 6.45) is 6.60. The van der Waals surface area contributed by atoms with Crippen LogP contribution in [0.2, 0.25) is 0 Å². The van der Waals surface area contributed by atoms with Crippen LogP contribution in [0, 0.1) is 5.92 Å². The van der Waals surface area contributed by atoms with Crippen LogP contribution < -0.4 is 5.73 Å². The van der Waals surface area contributed by atoms with Gasteiger partial charge >= 0.3 is 0 Å². The first-order valence-corrected chi connectivity index (χ1v) is 8.53. The Labute approximate surface area is 125 Å². The zero-order chi connectivity index (χ0) is 14.4. The minimum absolute atomic E-state index is 0.160. The van der Waals surface area contributed by atoms with Gasteiger partial charge in [-0.1, -0.05) is 19.3 Å². The molecule has 20 heavy (non-hydrogen) atoms. The summed E-state index contributed by atoms with van der Waals surface area (Å²) in [5.41, 5.74) is 6.07. The number of phenols is 1. The minimum Gasteiger partial charge on any atom is -0.508 e. The Morgan fingerprint density at radius 3 is 2.70 bits per heavy atom. The highest BCUT2D eigenvalue weighted by Gasteiger charge is 2.15. The van der Waals surface area contributed by atoms with Crippen molar-refractivity contribution < 1.29 is 10.2 Å². The molecule has 1 atom stereocenters. The summed E-state index contributed by atoms with van der Waals surface area (Å²) in [5, 5.41) is 19.8. The van der Waals surface area contributed by atoms with Crippen LogP contribution >= 0.6 is 11.8 Å². The summed E-state index contributed by atoms with van der Waals surface area (Å²) in [7, 11) is 0. The molecule has 4 N–H and O–H groups in total. The Morgan fingerprint density at radius 2 is 2.00 bits per heavy atom. The van der Waals surface area contributed by atoms with Crippen molar-refractivity contribution in [1.82, 2.24) is 0 Å². The van der Waals surface area contributed by atoms with E-state index in [1.165, 1.54) is 32.1 Å². The van der Waals surface area contributed by atoms with Gasteiger partial charge in [0.1, 0.15) is 5.75 Å². The maximum atomic E-state index is 9.99. The van der Waals surface area contributed by atoms with E-state index in [9.17, 15) is 10.2 Å². The van der Waals surface area contributed by atoms with E-state index < -0.39 is 6.10 Å². The van der Waals surface area contributed by atoms with Crippen LogP contribution in [0.25, 0.3) is 0 Å². The predicted octanol–water partition coefficient (Wildman–Crippen LogP) is 3.45. The van der Waals surface area contributed by atoms with Gasteiger partial charge in [0, 0.05) is 16.2 Å². The Morgan fingerprint density at radius 1 is 1.25 bits per heavy atom. The zero-order valence-electron chi connectivity index (χ0n) is 11.9. The predicted molar refractivity (Wildman–Crippen MR) is 84.0 cm³/mol. The van der Waals surface area contributed by atoms with Gasteiger partial charge in [0.25, 0.3) is 0 Å². The molecule has 0 amide bonds. The summed E-state index contributed by atoms with van der Waals surface area (Å²) < 4.78 is 0. The molecule has 1 aromatic carbocycles. The number of aliphatic hydroxyl groups excluding tert-OH is 1. The molecule has 0 radical (unpaired) electrons. The number of benzene rings is 1. The molecule has 0 saturated heterocycles. The van der Waals surface area contributed by atoms with Crippen LogP contribution in [0.5, 0.6) is 5.75 Å². The summed E-state index contributed by atoms with van der Waals surface area (Å²) in [5.74, 6) is 2.12. The van der Waals surface area contributed by atoms with Crippen LogP contribution in [-0.2, 0) is 0 Å². The van der Waals surface area contributed by atoms with Gasteiger partial charge in [-0.05, 0) is 49.9 Å². The van der Waals surface area contributed by atoms with Crippen molar-refractivity contribution >= 4 is 11.8 Å². The molecule has 0 aliphatic heterocycles. The van der Waals surface area contributed by atoms with Crippen molar-refractivity contribution in [2.45, 2.75) is 49.5 Å². The maximum Gasteiger partial charge on any atom is 0.121 e. The van der Waals surface area contributed by atoms with Crippen LogP contribution in [0.4, 0.5) is 0 Å². The number of hydrogen-bond acceptors (Lipinski definition) is 4. The van der Waals surface area contributed by atoms with E-state index >= 15 is 0 Å². The standard InChI is InChI=1S/C16H25NO2S/c17-9-8-16(19)14-10-13(6-7-15(14)18)20-11-12-4-2-1-3-5-12/h6-7,10,12,16,18-19H,1-5,8-9,11,17H2. The quantitative estimate of drug-likeness (QED) is 0.703. The molecule has 3 nitrogen and oxygen atoms in total. The van der Waals surface area contributed by atoms with Crippen molar-refractivity contribution in [2.24, 2.45) is 11.7 Å². The Bertz CT molecular complexity index is 419. The van der Waals surface area contributed by atoms with E-state index in [0.29, 0.717) is 18.5 Å². The second-order valence-electron chi connectivity index (χ2n) is 5.63. The van der Waals surface area contributed by atoms with Crippen LogP contribution in [0.1, 0.15) is 50.2 Å². The van der Waals surface area contributed by atoms with E-state index in [1.807, 2.05) is 23.9 Å². The fourth-order valence-corrected chi connectivity index (χ4v) is 3.91. The van der Waals surface area contributed by atoms with Crippen LogP contribution in [0.3, 0.4) is 0 Å². The first-order valence-electron chi connectivity index (χ1n) is 7.54. The molecule has 0 bridgehead atoms. The second-order valence-corrected chi connectivity index (χ2v) is 6.72. The van der Waals surface area contributed by atoms with E-state index in [0.717, 1.165) is 16.6 Å². The number of rotatable bonds is 6. The molecular formula is C16H25NO2S. The Kier molecular flexibility index (Phi) is 6.20. The van der Waals surface area contributed by atoms with Crippen molar-refractivity contribution in [3.63, 3.8) is 0 Å². The summed E-state index contributed by atoms with van der Waals surface area (Å²) in [6, 6.07) is 5.52. The summed E-state index contributed by atoms with van der Waals surface area (Å²) in [4.78, 5) is 1.12. The summed E-state index contributed by atoms with van der Waals surface area (Å²) >= 11 is 1.83. The molecule has 4 heteroatoms. The molecule has 1 saturated carbocycles. The molecule has 1 aliphatic rings. The number of thioether (sulfide) groups is 1. The fraction of sp³-hybridized carbons (Fsp3) is 0.625. The van der Waals surface area contributed by atoms with E-state index in [1.54, 1.807) is 6.07 Å². The van der Waals surface area contributed by atoms with Gasteiger partial charge in [-0.3, -0.25) is 0 Å². The third-order valence-corrected chi connectivity index (χ3v) is 5.23. The molecule has 1 aliphatic carbocycles. The molecule has 1 fully saturated rings. The van der Waals surface area contributed by atoms with Gasteiger partial charge in [0.05, 0.1) is 6.10 Å². The molecule has 1 aromatic rings. The zero-order valence-corrected chi connectivity index (χ0v) is 12.7. The maximum absolute atomic E-state index is 9.99. The lowest BCUT2D eigenvalue weighted by molar-refractivity contribution is 0.166. The van der Waals surface area contributed by atoms with Gasteiger partial charge in [-0.25, -0.2) is 0 Å². The SMILES string of the molecule is NCCC(O)c1cc(SCC2CCCCC2)ccc1O. The molecule has 0 aromatic heterocycles. The molecule has 0 heterocycles. The average molecular weight is 295 g/mol. The normalized spacial score (nSPS) is 18.1. The molecular weight excluding hydrogens is 270 g/mol. The third kappa shape index (κ3) is 4.40. The Hall–Kier alpha value is -0.710. The number of phenolic OH excluding ortho intramolecular Hbond substituents is 1. The lowest BCUT2D eigenvalue weighted by Crippen LogP contribution is -2.09. The lowest BCUT2D eigenvalue weighted by atomic mass is 9.91. The number of aromatic hydroxyl groups is 1. The van der Waals surface area contributed by atoms with Gasteiger partial charge in [0.15, 0.2) is 0 Å². The van der Waals surface area contributed by atoms with Crippen LogP contribution in [0.15, 0.2) is 23.1 Å². The lowest BCUT2D eigenvalue weighted by Gasteiger charge is -2.21.